The average molecular weight is 369 g/mol. The van der Waals surface area contributed by atoms with Crippen molar-refractivity contribution in [1.82, 2.24) is 25.2 Å². The number of nitrogen functional groups attached to an aromatic ring is 1. The summed E-state index contributed by atoms with van der Waals surface area (Å²) in [6.45, 7) is 8.67. The molecule has 0 spiro atoms. The van der Waals surface area contributed by atoms with Gasteiger partial charge in [0.15, 0.2) is 0 Å². The molecule has 2 aromatic rings. The van der Waals surface area contributed by atoms with Crippen molar-refractivity contribution in [2.75, 3.05) is 36.8 Å². The van der Waals surface area contributed by atoms with Crippen molar-refractivity contribution in [3.05, 3.63) is 41.3 Å². The number of anilines is 2. The molecular weight excluding hydrogens is 342 g/mol. The highest BCUT2D eigenvalue weighted by atomic mass is 16.2. The summed E-state index contributed by atoms with van der Waals surface area (Å²) >= 11 is 0. The minimum absolute atomic E-state index is 0.0217. The summed E-state index contributed by atoms with van der Waals surface area (Å²) in [7, 11) is 0. The lowest BCUT2D eigenvalue weighted by atomic mass is 10.1. The lowest BCUT2D eigenvalue weighted by molar-refractivity contribution is 0.191. The first kappa shape index (κ1) is 18.9. The third-order valence-electron chi connectivity index (χ3n) is 4.74. The zero-order valence-corrected chi connectivity index (χ0v) is 16.1. The molecule has 1 saturated heterocycles. The Morgan fingerprint density at radius 2 is 2.00 bits per heavy atom. The summed E-state index contributed by atoms with van der Waals surface area (Å²) in [5.74, 6) is 1.10. The molecule has 1 fully saturated rings. The van der Waals surface area contributed by atoms with Crippen LogP contribution >= 0.6 is 0 Å². The van der Waals surface area contributed by atoms with Gasteiger partial charge in [-0.3, -0.25) is 4.98 Å². The van der Waals surface area contributed by atoms with E-state index in [1.54, 1.807) is 6.20 Å². The second-order valence-corrected chi connectivity index (χ2v) is 7.02. The number of aromatic nitrogens is 3. The van der Waals surface area contributed by atoms with E-state index < -0.39 is 0 Å². The van der Waals surface area contributed by atoms with Crippen LogP contribution < -0.4 is 16.0 Å². The molecule has 144 valence electrons. The van der Waals surface area contributed by atoms with Crippen LogP contribution in [-0.2, 0) is 6.42 Å². The number of nitrogens with zero attached hydrogens (tertiary/aromatic N) is 5. The number of aryl methyl sites for hydroxylation is 2. The SMILES string of the molecule is Cc1cc(N2CCN(C(=O)N[C@@H](C)Cc3ncccc3C)CC2)nc(N)n1. The molecule has 1 aliphatic rings. The Balaban J connectivity index is 1.51. The fourth-order valence-corrected chi connectivity index (χ4v) is 3.25. The molecule has 1 aliphatic heterocycles. The number of hydrogen-bond acceptors (Lipinski definition) is 6. The third kappa shape index (κ3) is 4.84. The van der Waals surface area contributed by atoms with E-state index in [4.69, 9.17) is 5.73 Å². The molecule has 0 saturated carbocycles. The van der Waals surface area contributed by atoms with Crippen molar-refractivity contribution in [3.8, 4) is 0 Å². The van der Waals surface area contributed by atoms with Crippen molar-refractivity contribution in [1.29, 1.82) is 0 Å². The molecule has 1 atom stereocenters. The predicted octanol–water partition coefficient (Wildman–Crippen LogP) is 1.53. The van der Waals surface area contributed by atoms with Crippen LogP contribution in [0.15, 0.2) is 24.4 Å². The second-order valence-electron chi connectivity index (χ2n) is 7.02. The first-order valence-corrected chi connectivity index (χ1v) is 9.24. The monoisotopic (exact) mass is 369 g/mol. The van der Waals surface area contributed by atoms with Crippen molar-refractivity contribution < 1.29 is 4.79 Å². The van der Waals surface area contributed by atoms with Gasteiger partial charge in [-0.25, -0.2) is 9.78 Å². The number of amides is 2. The van der Waals surface area contributed by atoms with Gasteiger partial charge in [-0.1, -0.05) is 6.07 Å². The van der Waals surface area contributed by atoms with Gasteiger partial charge in [-0.15, -0.1) is 0 Å². The van der Waals surface area contributed by atoms with E-state index in [0.717, 1.165) is 42.3 Å². The standard InChI is InChI=1S/C19H27N7O/c1-13-5-4-6-21-16(13)11-14(2)23-19(27)26-9-7-25(8-10-26)17-12-15(3)22-18(20)24-17/h4-6,12,14H,7-11H2,1-3H3,(H,23,27)(H2,20,22,24)/t14-/m0/s1. The highest BCUT2D eigenvalue weighted by Crippen LogP contribution is 2.16. The average Bonchev–Trinajstić information content (AvgIpc) is 2.63. The van der Waals surface area contributed by atoms with E-state index >= 15 is 0 Å². The number of nitrogens with one attached hydrogen (secondary N) is 1. The molecule has 0 bridgehead atoms. The van der Waals surface area contributed by atoms with E-state index in [0.29, 0.717) is 13.1 Å². The minimum atomic E-state index is -0.0332. The molecule has 0 radical (unpaired) electrons. The van der Waals surface area contributed by atoms with Gasteiger partial charge >= 0.3 is 6.03 Å². The number of nitrogens with two attached hydrogens (primary N) is 1. The van der Waals surface area contributed by atoms with E-state index in [2.05, 4.69) is 25.2 Å². The minimum Gasteiger partial charge on any atom is -0.368 e. The first-order chi connectivity index (χ1) is 12.9. The Bertz CT molecular complexity index is 782. The van der Waals surface area contributed by atoms with Crippen LogP contribution in [0.4, 0.5) is 16.6 Å². The number of urea groups is 1. The van der Waals surface area contributed by atoms with Crippen LogP contribution in [0, 0.1) is 13.8 Å². The summed E-state index contributed by atoms with van der Waals surface area (Å²) in [5, 5.41) is 3.08. The quantitative estimate of drug-likeness (QED) is 0.848. The zero-order chi connectivity index (χ0) is 19.4. The smallest absolute Gasteiger partial charge is 0.317 e. The summed E-state index contributed by atoms with van der Waals surface area (Å²) in [6.07, 6.45) is 2.51. The van der Waals surface area contributed by atoms with Crippen molar-refractivity contribution in [2.45, 2.75) is 33.2 Å². The van der Waals surface area contributed by atoms with Crippen LogP contribution in [0.5, 0.6) is 0 Å². The maximum absolute atomic E-state index is 12.6. The number of piperazine rings is 1. The Hall–Kier alpha value is -2.90. The Kier molecular flexibility index (Phi) is 5.73. The Labute approximate surface area is 159 Å². The van der Waals surface area contributed by atoms with Crippen LogP contribution in [0.1, 0.15) is 23.9 Å². The van der Waals surface area contributed by atoms with Gasteiger partial charge in [0.05, 0.1) is 0 Å². The molecule has 0 aromatic carbocycles. The largest absolute Gasteiger partial charge is 0.368 e. The van der Waals surface area contributed by atoms with Gasteiger partial charge in [-0.2, -0.15) is 4.98 Å². The molecule has 2 aromatic heterocycles. The maximum Gasteiger partial charge on any atom is 0.317 e. The molecule has 0 unspecified atom stereocenters. The number of hydrogen-bond donors (Lipinski definition) is 2. The molecule has 3 heterocycles. The van der Waals surface area contributed by atoms with Crippen LogP contribution in [-0.4, -0.2) is 58.1 Å². The van der Waals surface area contributed by atoms with Crippen LogP contribution in [0.3, 0.4) is 0 Å². The summed E-state index contributed by atoms with van der Waals surface area (Å²) in [6, 6.07) is 5.87. The summed E-state index contributed by atoms with van der Waals surface area (Å²) in [4.78, 5) is 29.3. The molecule has 2 amide bonds. The second kappa shape index (κ2) is 8.20. The Morgan fingerprint density at radius 1 is 1.26 bits per heavy atom. The molecule has 3 rings (SSSR count). The van der Waals surface area contributed by atoms with Gasteiger partial charge in [0.1, 0.15) is 5.82 Å². The van der Waals surface area contributed by atoms with Crippen molar-refractivity contribution in [3.63, 3.8) is 0 Å². The molecular formula is C19H27N7O. The zero-order valence-electron chi connectivity index (χ0n) is 16.1. The van der Waals surface area contributed by atoms with E-state index in [1.807, 2.05) is 43.9 Å². The highest BCUT2D eigenvalue weighted by molar-refractivity contribution is 5.75. The molecule has 3 N–H and O–H groups in total. The van der Waals surface area contributed by atoms with Gasteiger partial charge < -0.3 is 20.9 Å². The lowest BCUT2D eigenvalue weighted by Gasteiger charge is -2.36. The van der Waals surface area contributed by atoms with Crippen molar-refractivity contribution in [2.24, 2.45) is 0 Å². The third-order valence-corrected chi connectivity index (χ3v) is 4.74. The van der Waals surface area contributed by atoms with E-state index in [9.17, 15) is 4.79 Å². The predicted molar refractivity (Wildman–Crippen MR) is 106 cm³/mol. The lowest BCUT2D eigenvalue weighted by Crippen LogP contribution is -2.53. The van der Waals surface area contributed by atoms with Gasteiger partial charge in [0.25, 0.3) is 0 Å². The molecule has 8 nitrogen and oxygen atoms in total. The van der Waals surface area contributed by atoms with Crippen molar-refractivity contribution >= 4 is 17.8 Å². The topological polar surface area (TPSA) is 100 Å². The summed E-state index contributed by atoms with van der Waals surface area (Å²) in [5.41, 5.74) is 8.75. The molecule has 0 aliphatic carbocycles. The Morgan fingerprint density at radius 3 is 2.67 bits per heavy atom. The number of pyridine rings is 1. The van der Waals surface area contributed by atoms with Gasteiger partial charge in [-0.05, 0) is 32.4 Å². The number of carbonyl (C=O) groups excluding carboxylic acids is 1. The normalized spacial score (nSPS) is 15.5. The molecule has 8 heteroatoms. The van der Waals surface area contributed by atoms with E-state index in [-0.39, 0.29) is 18.0 Å². The molecule has 27 heavy (non-hydrogen) atoms. The van der Waals surface area contributed by atoms with Crippen LogP contribution in [0.2, 0.25) is 0 Å². The summed E-state index contributed by atoms with van der Waals surface area (Å²) < 4.78 is 0. The van der Waals surface area contributed by atoms with Gasteiger partial charge in [0.2, 0.25) is 5.95 Å². The van der Waals surface area contributed by atoms with Crippen LogP contribution in [0.25, 0.3) is 0 Å². The fraction of sp³-hybridized carbons (Fsp3) is 0.474. The van der Waals surface area contributed by atoms with Gasteiger partial charge in [0, 0.05) is 62.3 Å². The van der Waals surface area contributed by atoms with E-state index in [1.165, 1.54) is 0 Å². The maximum atomic E-state index is 12.6. The fourth-order valence-electron chi connectivity index (χ4n) is 3.25. The first-order valence-electron chi connectivity index (χ1n) is 9.24. The highest BCUT2D eigenvalue weighted by Gasteiger charge is 2.23. The number of carbonyl (C=O) groups is 1. The number of rotatable bonds is 4.